The van der Waals surface area contributed by atoms with Crippen LogP contribution in [0.3, 0.4) is 0 Å². The standard InChI is InChI=1S/C9H14ClN3O/c1-6(2)3-4-11-7-5-12-13-9(14)8(7)10/h5-6H,3-4H2,1-2H3,(H2,11,13,14). The van der Waals surface area contributed by atoms with E-state index in [4.69, 9.17) is 11.6 Å². The zero-order valence-electron chi connectivity index (χ0n) is 8.30. The number of aromatic amines is 1. The van der Waals surface area contributed by atoms with Crippen molar-refractivity contribution in [2.45, 2.75) is 20.3 Å². The molecule has 0 saturated heterocycles. The van der Waals surface area contributed by atoms with Gasteiger partial charge in [0.05, 0.1) is 11.9 Å². The van der Waals surface area contributed by atoms with E-state index in [2.05, 4.69) is 29.4 Å². The summed E-state index contributed by atoms with van der Waals surface area (Å²) in [7, 11) is 0. The highest BCUT2D eigenvalue weighted by atomic mass is 35.5. The van der Waals surface area contributed by atoms with E-state index in [0.29, 0.717) is 11.6 Å². The second-order valence-electron chi connectivity index (χ2n) is 3.54. The zero-order valence-corrected chi connectivity index (χ0v) is 9.06. The van der Waals surface area contributed by atoms with Crippen LogP contribution in [0.4, 0.5) is 5.69 Å². The molecule has 5 heteroatoms. The molecule has 1 aromatic rings. The lowest BCUT2D eigenvalue weighted by Crippen LogP contribution is -2.13. The molecule has 14 heavy (non-hydrogen) atoms. The van der Waals surface area contributed by atoms with Gasteiger partial charge in [-0.05, 0) is 12.3 Å². The Kier molecular flexibility index (Phi) is 3.95. The Morgan fingerprint density at radius 2 is 2.36 bits per heavy atom. The quantitative estimate of drug-likeness (QED) is 0.807. The molecule has 1 heterocycles. The van der Waals surface area contributed by atoms with Gasteiger partial charge in [0.15, 0.2) is 0 Å². The maximum absolute atomic E-state index is 11.0. The summed E-state index contributed by atoms with van der Waals surface area (Å²) >= 11 is 5.76. The van der Waals surface area contributed by atoms with Crippen molar-refractivity contribution in [3.05, 3.63) is 21.6 Å². The van der Waals surface area contributed by atoms with Gasteiger partial charge in [-0.15, -0.1) is 0 Å². The van der Waals surface area contributed by atoms with Crippen LogP contribution in [0.15, 0.2) is 11.0 Å². The van der Waals surface area contributed by atoms with Crippen LogP contribution in [-0.4, -0.2) is 16.7 Å². The maximum Gasteiger partial charge on any atom is 0.285 e. The lowest BCUT2D eigenvalue weighted by atomic mass is 10.1. The highest BCUT2D eigenvalue weighted by Gasteiger charge is 2.03. The fourth-order valence-electron chi connectivity index (χ4n) is 1.00. The van der Waals surface area contributed by atoms with Gasteiger partial charge in [0.2, 0.25) is 0 Å². The predicted molar refractivity (Wildman–Crippen MR) is 57.8 cm³/mol. The van der Waals surface area contributed by atoms with E-state index >= 15 is 0 Å². The number of aromatic nitrogens is 2. The predicted octanol–water partition coefficient (Wildman–Crippen LogP) is 1.88. The van der Waals surface area contributed by atoms with Crippen molar-refractivity contribution in [2.75, 3.05) is 11.9 Å². The zero-order chi connectivity index (χ0) is 10.6. The van der Waals surface area contributed by atoms with E-state index in [1.807, 2.05) is 0 Å². The van der Waals surface area contributed by atoms with Crippen molar-refractivity contribution in [1.82, 2.24) is 10.2 Å². The van der Waals surface area contributed by atoms with E-state index in [1.165, 1.54) is 6.20 Å². The first-order valence-electron chi connectivity index (χ1n) is 4.58. The van der Waals surface area contributed by atoms with Crippen LogP contribution in [0.2, 0.25) is 5.02 Å². The molecule has 0 fully saturated rings. The van der Waals surface area contributed by atoms with Gasteiger partial charge in [0.25, 0.3) is 5.56 Å². The molecule has 78 valence electrons. The van der Waals surface area contributed by atoms with Gasteiger partial charge in [-0.2, -0.15) is 5.10 Å². The Morgan fingerprint density at radius 1 is 1.64 bits per heavy atom. The molecule has 0 aliphatic carbocycles. The number of halogens is 1. The lowest BCUT2D eigenvalue weighted by Gasteiger charge is -2.08. The summed E-state index contributed by atoms with van der Waals surface area (Å²) in [5.74, 6) is 0.622. The molecule has 4 nitrogen and oxygen atoms in total. The third kappa shape index (κ3) is 3.03. The first kappa shape index (κ1) is 11.0. The van der Waals surface area contributed by atoms with Crippen molar-refractivity contribution in [3.8, 4) is 0 Å². The van der Waals surface area contributed by atoms with Crippen molar-refractivity contribution >= 4 is 17.3 Å². The van der Waals surface area contributed by atoms with Crippen molar-refractivity contribution < 1.29 is 0 Å². The van der Waals surface area contributed by atoms with E-state index in [1.54, 1.807) is 0 Å². The average molecular weight is 216 g/mol. The third-order valence-corrected chi connectivity index (χ3v) is 2.21. The van der Waals surface area contributed by atoms with Crippen LogP contribution in [0.25, 0.3) is 0 Å². The van der Waals surface area contributed by atoms with Gasteiger partial charge in [-0.1, -0.05) is 25.4 Å². The smallest absolute Gasteiger partial charge is 0.285 e. The second-order valence-corrected chi connectivity index (χ2v) is 3.91. The summed E-state index contributed by atoms with van der Waals surface area (Å²) in [6, 6.07) is 0. The van der Waals surface area contributed by atoms with Crippen LogP contribution in [0.1, 0.15) is 20.3 Å². The van der Waals surface area contributed by atoms with Gasteiger partial charge in [-0.3, -0.25) is 4.79 Å². The molecule has 0 radical (unpaired) electrons. The van der Waals surface area contributed by atoms with Crippen LogP contribution in [0, 0.1) is 5.92 Å². The molecule has 0 atom stereocenters. The Labute approximate surface area is 87.7 Å². The highest BCUT2D eigenvalue weighted by Crippen LogP contribution is 2.14. The summed E-state index contributed by atoms with van der Waals surface area (Å²) in [4.78, 5) is 11.0. The third-order valence-electron chi connectivity index (χ3n) is 1.83. The van der Waals surface area contributed by atoms with Crippen molar-refractivity contribution in [3.63, 3.8) is 0 Å². The molecule has 0 aliphatic heterocycles. The Balaban J connectivity index is 2.59. The Bertz CT molecular complexity index is 348. The monoisotopic (exact) mass is 215 g/mol. The molecule has 1 rings (SSSR count). The Morgan fingerprint density at radius 3 is 3.00 bits per heavy atom. The van der Waals surface area contributed by atoms with Gasteiger partial charge in [0, 0.05) is 6.54 Å². The molecule has 0 aromatic carbocycles. The minimum Gasteiger partial charge on any atom is -0.382 e. The number of hydrogen-bond donors (Lipinski definition) is 2. The van der Waals surface area contributed by atoms with Crippen LogP contribution in [0.5, 0.6) is 0 Å². The normalized spacial score (nSPS) is 10.6. The maximum atomic E-state index is 11.0. The molecule has 0 unspecified atom stereocenters. The fourth-order valence-corrected chi connectivity index (χ4v) is 1.16. The SMILES string of the molecule is CC(C)CCNc1cn[nH]c(=O)c1Cl. The summed E-state index contributed by atoms with van der Waals surface area (Å²) < 4.78 is 0. The van der Waals surface area contributed by atoms with Crippen molar-refractivity contribution in [1.29, 1.82) is 0 Å². The number of rotatable bonds is 4. The van der Waals surface area contributed by atoms with Gasteiger partial charge < -0.3 is 5.32 Å². The molecule has 0 amide bonds. The minimum absolute atomic E-state index is 0.170. The first-order valence-corrected chi connectivity index (χ1v) is 4.96. The van der Waals surface area contributed by atoms with Crippen LogP contribution >= 0.6 is 11.6 Å². The molecule has 0 aliphatic rings. The molecule has 1 aromatic heterocycles. The van der Waals surface area contributed by atoms with E-state index in [0.717, 1.165) is 13.0 Å². The fraction of sp³-hybridized carbons (Fsp3) is 0.556. The summed E-state index contributed by atoms with van der Waals surface area (Å²) in [5, 5.41) is 9.16. The number of hydrogen-bond acceptors (Lipinski definition) is 3. The first-order chi connectivity index (χ1) is 6.61. The average Bonchev–Trinajstić information content (AvgIpc) is 2.12. The summed E-state index contributed by atoms with van der Waals surface area (Å²) in [5.41, 5.74) is 0.234. The molecule has 0 saturated carbocycles. The van der Waals surface area contributed by atoms with Crippen LogP contribution in [-0.2, 0) is 0 Å². The van der Waals surface area contributed by atoms with Gasteiger partial charge in [-0.25, -0.2) is 5.10 Å². The molecule has 0 bridgehead atoms. The molecule has 2 N–H and O–H groups in total. The van der Waals surface area contributed by atoms with Crippen LogP contribution < -0.4 is 10.9 Å². The number of nitrogens with zero attached hydrogens (tertiary/aromatic N) is 1. The number of H-pyrrole nitrogens is 1. The van der Waals surface area contributed by atoms with E-state index < -0.39 is 0 Å². The topological polar surface area (TPSA) is 57.8 Å². The molecular weight excluding hydrogens is 202 g/mol. The Hall–Kier alpha value is -1.03. The summed E-state index contributed by atoms with van der Waals surface area (Å²) in [6.07, 6.45) is 2.55. The number of anilines is 1. The molecular formula is C9H14ClN3O. The largest absolute Gasteiger partial charge is 0.382 e. The number of nitrogens with one attached hydrogen (secondary N) is 2. The van der Waals surface area contributed by atoms with Gasteiger partial charge >= 0.3 is 0 Å². The lowest BCUT2D eigenvalue weighted by molar-refractivity contribution is 0.607. The second kappa shape index (κ2) is 5.00. The minimum atomic E-state index is -0.360. The van der Waals surface area contributed by atoms with E-state index in [-0.39, 0.29) is 10.6 Å². The van der Waals surface area contributed by atoms with Gasteiger partial charge in [0.1, 0.15) is 5.02 Å². The van der Waals surface area contributed by atoms with E-state index in [9.17, 15) is 4.79 Å². The highest BCUT2D eigenvalue weighted by molar-refractivity contribution is 6.32. The van der Waals surface area contributed by atoms with Crippen molar-refractivity contribution in [2.24, 2.45) is 5.92 Å². The summed E-state index contributed by atoms with van der Waals surface area (Å²) in [6.45, 7) is 5.07. The molecule has 0 spiro atoms.